The number of hydrogen-bond acceptors (Lipinski definition) is 5. The maximum Gasteiger partial charge on any atom is 0.140 e. The Bertz CT molecular complexity index is 2510. The van der Waals surface area contributed by atoms with Crippen LogP contribution < -0.4 is 25.4 Å². The molecule has 0 bridgehead atoms. The third-order valence-electron chi connectivity index (χ3n) is 11.0. The highest BCUT2D eigenvalue weighted by atomic mass is 35.5. The number of carboxylic acids is 2. The number of carbonyl (C=O) groups excluding carboxylic acids is 2. The largest absolute Gasteiger partial charge is 0.545 e. The Kier molecular flexibility index (Phi) is 7.29. The highest BCUT2D eigenvalue weighted by Crippen LogP contribution is 2.55. The molecule has 0 saturated heterocycles. The summed E-state index contributed by atoms with van der Waals surface area (Å²) in [6.45, 7) is 13.5. The molecule has 5 nitrogen and oxygen atoms in total. The van der Waals surface area contributed by atoms with Crippen molar-refractivity contribution in [3.8, 4) is 11.5 Å². The number of halogens is 2. The summed E-state index contributed by atoms with van der Waals surface area (Å²) in [5.74, 6) is -1.68. The second kappa shape index (κ2) is 11.1. The number of hydrogen-bond donors (Lipinski definition) is 0. The molecule has 2 aliphatic carbocycles. The van der Waals surface area contributed by atoms with E-state index in [4.69, 9.17) is 27.9 Å². The van der Waals surface area contributed by atoms with Gasteiger partial charge in [-0.05, 0) is 80.3 Å². The van der Waals surface area contributed by atoms with Crippen LogP contribution in [0.25, 0.3) is 33.2 Å². The van der Waals surface area contributed by atoms with E-state index in [0.29, 0.717) is 27.9 Å². The van der Waals surface area contributed by atoms with Crippen LogP contribution in [0, 0.1) is 10.8 Å². The van der Waals surface area contributed by atoms with Crippen LogP contribution in [0.1, 0.15) is 115 Å². The van der Waals surface area contributed by atoms with Crippen molar-refractivity contribution in [1.82, 2.24) is 0 Å². The van der Waals surface area contributed by atoms with Crippen LogP contribution in [0.2, 0.25) is 10.0 Å². The molecule has 5 aromatic rings. The maximum absolute atomic E-state index is 13.1. The molecule has 2 atom stereocenters. The van der Waals surface area contributed by atoms with E-state index < -0.39 is 17.5 Å². The molecule has 50 heavy (non-hydrogen) atoms. The van der Waals surface area contributed by atoms with Gasteiger partial charge in [0, 0.05) is 44.2 Å². The average molecular weight is 704 g/mol. The van der Waals surface area contributed by atoms with Crippen LogP contribution >= 0.6 is 23.2 Å². The number of ether oxygens (including phenoxy) is 1. The number of carboxylic acid groups (broad SMARTS) is 2. The molecule has 0 saturated carbocycles. The van der Waals surface area contributed by atoms with Gasteiger partial charge in [0.2, 0.25) is 0 Å². The Morgan fingerprint density at radius 2 is 1.40 bits per heavy atom. The third kappa shape index (κ3) is 4.73. The van der Waals surface area contributed by atoms with Gasteiger partial charge in [-0.15, -0.1) is 0 Å². The van der Waals surface area contributed by atoms with E-state index in [1.165, 1.54) is 5.56 Å². The van der Waals surface area contributed by atoms with Crippen LogP contribution in [0.4, 0.5) is 0 Å². The summed E-state index contributed by atoms with van der Waals surface area (Å²) in [5, 5.41) is 30.5. The standard InChI is InChI=1S/C43H38Cl2O5/c1-20-16-42(3,4)18-27-22-11-7-9-13-24(22)32-35(36-34(41(48)49)29(44)15-26(37(36)45)40(46)47)33-25-14-10-8-12-23(25)28-19-43(5,6)17-21(2)31(28)39(33)50-38(32)30(20)27/h7-15,18,20-21H,16-17,19H2,1-6H3,(H,46,47)(H,48,49)/p-2. The smallest absolute Gasteiger partial charge is 0.140 e. The van der Waals surface area contributed by atoms with Gasteiger partial charge >= 0.3 is 0 Å². The Labute approximate surface area is 300 Å². The van der Waals surface area contributed by atoms with Crippen molar-refractivity contribution < 1.29 is 24.5 Å². The molecule has 0 amide bonds. The van der Waals surface area contributed by atoms with Gasteiger partial charge in [0.25, 0.3) is 0 Å². The minimum atomic E-state index is -1.57. The molecule has 254 valence electrons. The number of rotatable bonds is 3. The highest BCUT2D eigenvalue weighted by Gasteiger charge is 2.40. The van der Waals surface area contributed by atoms with Crippen molar-refractivity contribution in [1.29, 1.82) is 0 Å². The quantitative estimate of drug-likeness (QED) is 0.188. The lowest BCUT2D eigenvalue weighted by Gasteiger charge is -2.40. The highest BCUT2D eigenvalue weighted by molar-refractivity contribution is 6.40. The fraction of sp³-hybridized carbons (Fsp3) is 0.302. The van der Waals surface area contributed by atoms with Crippen molar-refractivity contribution in [3.63, 3.8) is 0 Å². The van der Waals surface area contributed by atoms with Crippen molar-refractivity contribution >= 4 is 68.3 Å². The van der Waals surface area contributed by atoms with Gasteiger partial charge in [0.1, 0.15) is 11.5 Å². The van der Waals surface area contributed by atoms with Gasteiger partial charge in [-0.25, -0.2) is 0 Å². The Morgan fingerprint density at radius 1 is 0.780 bits per heavy atom. The fourth-order valence-electron chi connectivity index (χ4n) is 9.54. The average Bonchev–Trinajstić information content (AvgIpc) is 3.03. The molecule has 7 heteroatoms. The zero-order valence-electron chi connectivity index (χ0n) is 28.8. The normalized spacial score (nSPS) is 19.9. The first-order chi connectivity index (χ1) is 23.6. The molecule has 0 spiro atoms. The van der Waals surface area contributed by atoms with Crippen molar-refractivity contribution in [2.45, 2.75) is 72.6 Å². The predicted octanol–water partition coefficient (Wildman–Crippen LogP) is 7.77. The second-order valence-corrected chi connectivity index (χ2v) is 16.7. The van der Waals surface area contributed by atoms with E-state index in [2.05, 4.69) is 59.8 Å². The molecule has 1 heterocycles. The minimum Gasteiger partial charge on any atom is -0.545 e. The summed E-state index contributed by atoms with van der Waals surface area (Å²) in [4.78, 5) is 25.7. The van der Waals surface area contributed by atoms with Crippen molar-refractivity contribution in [2.24, 2.45) is 10.8 Å². The predicted molar refractivity (Wildman–Crippen MR) is 196 cm³/mol. The van der Waals surface area contributed by atoms with E-state index in [1.54, 1.807) is 0 Å². The Morgan fingerprint density at radius 3 is 2.06 bits per heavy atom. The maximum atomic E-state index is 13.1. The first-order valence-electron chi connectivity index (χ1n) is 17.1. The zero-order chi connectivity index (χ0) is 35.6. The molecule has 2 unspecified atom stereocenters. The van der Waals surface area contributed by atoms with E-state index in [-0.39, 0.29) is 43.8 Å². The van der Waals surface area contributed by atoms with Gasteiger partial charge in [-0.1, -0.05) is 119 Å². The van der Waals surface area contributed by atoms with Gasteiger partial charge in [-0.3, -0.25) is 0 Å². The molecule has 1 aliphatic heterocycles. The zero-order valence-corrected chi connectivity index (χ0v) is 30.4. The Balaban J connectivity index is 1.73. The van der Waals surface area contributed by atoms with Crippen LogP contribution in [0.3, 0.4) is 0 Å². The molecule has 8 rings (SSSR count). The summed E-state index contributed by atoms with van der Waals surface area (Å²) in [5.41, 5.74) is 3.58. The van der Waals surface area contributed by atoms with Crippen molar-refractivity contribution in [3.05, 3.63) is 114 Å². The van der Waals surface area contributed by atoms with Crippen molar-refractivity contribution in [2.75, 3.05) is 0 Å². The first-order valence-corrected chi connectivity index (χ1v) is 17.9. The molecule has 0 aromatic heterocycles. The summed E-state index contributed by atoms with van der Waals surface area (Å²) in [7, 11) is 0. The summed E-state index contributed by atoms with van der Waals surface area (Å²) < 4.78 is 7.36. The topological polar surface area (TPSA) is 89.5 Å². The third-order valence-corrected chi connectivity index (χ3v) is 11.7. The summed E-state index contributed by atoms with van der Waals surface area (Å²) in [6.07, 6.45) is 4.93. The van der Waals surface area contributed by atoms with Crippen LogP contribution in [-0.2, 0) is 6.42 Å². The molecule has 5 aromatic carbocycles. The van der Waals surface area contributed by atoms with Gasteiger partial charge in [0.05, 0.1) is 22.0 Å². The van der Waals surface area contributed by atoms with Gasteiger partial charge in [0.15, 0.2) is 0 Å². The molecule has 0 radical (unpaired) electrons. The van der Waals surface area contributed by atoms with E-state index >= 15 is 0 Å². The molecular weight excluding hydrogens is 667 g/mol. The van der Waals surface area contributed by atoms with Crippen LogP contribution in [0.15, 0.2) is 54.6 Å². The number of benzene rings is 5. The molecule has 0 fully saturated rings. The van der Waals surface area contributed by atoms with E-state index in [9.17, 15) is 19.8 Å². The summed E-state index contributed by atoms with van der Waals surface area (Å²) >= 11 is 13.7. The van der Waals surface area contributed by atoms with E-state index in [1.807, 2.05) is 36.4 Å². The number of aromatic carboxylic acids is 2. The monoisotopic (exact) mass is 702 g/mol. The van der Waals surface area contributed by atoms with Gasteiger partial charge in [-0.2, -0.15) is 0 Å². The lowest BCUT2D eigenvalue weighted by molar-refractivity contribution is -0.256. The molecule has 3 aliphatic rings. The van der Waals surface area contributed by atoms with Crippen LogP contribution in [-0.4, -0.2) is 11.9 Å². The van der Waals surface area contributed by atoms with E-state index in [0.717, 1.165) is 63.2 Å². The first kappa shape index (κ1) is 32.9. The lowest BCUT2D eigenvalue weighted by atomic mass is 9.67. The fourth-order valence-corrected chi connectivity index (χ4v) is 10.1. The number of carbonyl (C=O) groups is 2. The summed E-state index contributed by atoms with van der Waals surface area (Å²) in [6, 6.07) is 17.1. The van der Waals surface area contributed by atoms with Crippen LogP contribution in [0.5, 0.6) is 11.5 Å². The second-order valence-electron chi connectivity index (χ2n) is 15.9. The minimum absolute atomic E-state index is 0.0177. The van der Waals surface area contributed by atoms with Gasteiger partial charge < -0.3 is 24.5 Å². The molecule has 0 N–H and O–H groups in total. The lowest BCUT2D eigenvalue weighted by Crippen LogP contribution is -2.34. The number of fused-ring (bicyclic) bond motifs is 12. The molecular formula is C43H36Cl2O5-2. The Hall–Kier alpha value is -4.32. The SMILES string of the molecule is CC1CC(C)(C)Cc2c1c1c(c3ccccc23)C(c2c(Cl)c(C(=O)[O-])cc(Cl)c2C(=O)[O-])=c2c(c3c(c4ccccc24)=CC(C)(C)CC3C)O1.